The van der Waals surface area contributed by atoms with Gasteiger partial charge in [0.1, 0.15) is 22.3 Å². The van der Waals surface area contributed by atoms with Gasteiger partial charge in [-0.3, -0.25) is 9.59 Å². The number of benzene rings is 2. The van der Waals surface area contributed by atoms with E-state index in [0.717, 1.165) is 12.8 Å². The van der Waals surface area contributed by atoms with Gasteiger partial charge in [0.15, 0.2) is 10.9 Å². The Kier molecular flexibility index (Phi) is 5.75. The maximum Gasteiger partial charge on any atom is 0.199 e. The molecule has 0 N–H and O–H groups in total. The van der Waals surface area contributed by atoms with Gasteiger partial charge in [0.05, 0.1) is 24.5 Å². The van der Waals surface area contributed by atoms with Crippen molar-refractivity contribution in [3.8, 4) is 5.75 Å². The topological polar surface area (TPSA) is 69.7 Å². The molecule has 0 saturated heterocycles. The first-order valence-electron chi connectivity index (χ1n) is 11.0. The van der Waals surface area contributed by atoms with Crippen molar-refractivity contribution < 1.29 is 13.6 Å². The first-order chi connectivity index (χ1) is 15.6. The Bertz CT molecular complexity index is 1400. The van der Waals surface area contributed by atoms with Crippen LogP contribution in [0.3, 0.4) is 0 Å². The lowest BCUT2D eigenvalue weighted by molar-refractivity contribution is 0.210. The zero-order valence-electron chi connectivity index (χ0n) is 17.6. The Morgan fingerprint density at radius 3 is 2.47 bits per heavy atom. The maximum atomic E-state index is 13.3. The van der Waals surface area contributed by atoms with Crippen LogP contribution in [0.15, 0.2) is 67.3 Å². The van der Waals surface area contributed by atoms with Crippen molar-refractivity contribution >= 4 is 33.5 Å². The number of rotatable bonds is 5. The third kappa shape index (κ3) is 4.05. The van der Waals surface area contributed by atoms with E-state index in [-0.39, 0.29) is 17.3 Å². The van der Waals surface area contributed by atoms with Crippen LogP contribution in [0.5, 0.6) is 5.75 Å². The standard InChI is InChI=1S/C26H23ClO5/c27-19-9-10-20-23(12-19)32-14-17(25(20)28)11-18-15-31-22-8-4-7-21(24(22)26(18)29)30-13-16-5-2-1-3-6-16/h4,7-10,12,14-16H,1-3,5-6,11,13H2. The van der Waals surface area contributed by atoms with Crippen molar-refractivity contribution in [3.05, 3.63) is 85.5 Å². The number of hydrogen-bond acceptors (Lipinski definition) is 5. The molecule has 32 heavy (non-hydrogen) atoms. The van der Waals surface area contributed by atoms with Gasteiger partial charge in [-0.05, 0) is 43.0 Å². The minimum atomic E-state index is -0.193. The van der Waals surface area contributed by atoms with Crippen molar-refractivity contribution in [1.29, 1.82) is 0 Å². The normalized spacial score (nSPS) is 14.8. The van der Waals surface area contributed by atoms with Crippen LogP contribution in [0.2, 0.25) is 5.02 Å². The Morgan fingerprint density at radius 1 is 0.906 bits per heavy atom. The lowest BCUT2D eigenvalue weighted by Gasteiger charge is -2.22. The van der Waals surface area contributed by atoms with Crippen LogP contribution in [0.4, 0.5) is 0 Å². The van der Waals surface area contributed by atoms with Gasteiger partial charge in [-0.15, -0.1) is 0 Å². The maximum absolute atomic E-state index is 13.3. The van der Waals surface area contributed by atoms with Crippen LogP contribution in [0.1, 0.15) is 43.2 Å². The van der Waals surface area contributed by atoms with E-state index < -0.39 is 0 Å². The van der Waals surface area contributed by atoms with Crippen molar-refractivity contribution in [1.82, 2.24) is 0 Å². The SMILES string of the molecule is O=c1c(Cc2coc3cccc(OCC4CCCCC4)c3c2=O)coc2cc(Cl)ccc12. The molecule has 6 heteroatoms. The molecule has 0 unspecified atom stereocenters. The molecule has 1 aliphatic rings. The van der Waals surface area contributed by atoms with Gasteiger partial charge >= 0.3 is 0 Å². The summed E-state index contributed by atoms with van der Waals surface area (Å²) in [5, 5.41) is 1.33. The molecule has 0 aliphatic heterocycles. The van der Waals surface area contributed by atoms with Crippen molar-refractivity contribution in [2.45, 2.75) is 38.5 Å². The van der Waals surface area contributed by atoms with E-state index in [1.165, 1.54) is 31.8 Å². The molecule has 0 spiro atoms. The summed E-state index contributed by atoms with van der Waals surface area (Å²) in [6, 6.07) is 10.3. The zero-order chi connectivity index (χ0) is 22.1. The van der Waals surface area contributed by atoms with Gasteiger partial charge in [-0.25, -0.2) is 0 Å². The Labute approximate surface area is 189 Å². The average molecular weight is 451 g/mol. The highest BCUT2D eigenvalue weighted by atomic mass is 35.5. The molecule has 0 atom stereocenters. The number of fused-ring (bicyclic) bond motifs is 2. The fourth-order valence-electron chi connectivity index (χ4n) is 4.45. The third-order valence-corrected chi connectivity index (χ3v) is 6.46. The van der Waals surface area contributed by atoms with Crippen LogP contribution >= 0.6 is 11.6 Å². The van der Waals surface area contributed by atoms with E-state index in [9.17, 15) is 9.59 Å². The minimum Gasteiger partial charge on any atom is -0.492 e. The highest BCUT2D eigenvalue weighted by Gasteiger charge is 2.18. The lowest BCUT2D eigenvalue weighted by atomic mass is 9.90. The summed E-state index contributed by atoms with van der Waals surface area (Å²) in [6.07, 6.45) is 8.98. The molecule has 1 fully saturated rings. The molecule has 5 nitrogen and oxygen atoms in total. The summed E-state index contributed by atoms with van der Waals surface area (Å²) in [6.45, 7) is 0.597. The van der Waals surface area contributed by atoms with E-state index in [2.05, 4.69) is 0 Å². The van der Waals surface area contributed by atoms with Crippen molar-refractivity contribution in [2.75, 3.05) is 6.61 Å². The van der Waals surface area contributed by atoms with Gasteiger partial charge in [0, 0.05) is 28.6 Å². The first-order valence-corrected chi connectivity index (χ1v) is 11.3. The third-order valence-electron chi connectivity index (χ3n) is 6.22. The molecular formula is C26H23ClO5. The molecule has 164 valence electrons. The van der Waals surface area contributed by atoms with Gasteiger partial charge in [-0.1, -0.05) is 36.9 Å². The second-order valence-electron chi connectivity index (χ2n) is 8.44. The van der Waals surface area contributed by atoms with Gasteiger partial charge in [-0.2, -0.15) is 0 Å². The summed E-state index contributed by atoms with van der Waals surface area (Å²) in [4.78, 5) is 26.2. The predicted octanol–water partition coefficient (Wildman–Crippen LogP) is 6.10. The molecule has 1 aliphatic carbocycles. The van der Waals surface area contributed by atoms with E-state index in [1.807, 2.05) is 6.07 Å². The van der Waals surface area contributed by atoms with E-state index in [0.29, 0.717) is 56.4 Å². The minimum absolute atomic E-state index is 0.107. The number of halogens is 1. The van der Waals surface area contributed by atoms with Crippen LogP contribution in [0.25, 0.3) is 21.9 Å². The Morgan fingerprint density at radius 2 is 1.66 bits per heavy atom. The molecule has 2 heterocycles. The summed E-state index contributed by atoms with van der Waals surface area (Å²) in [5.74, 6) is 1.05. The molecule has 4 aromatic rings. The van der Waals surface area contributed by atoms with Crippen LogP contribution in [-0.4, -0.2) is 6.61 Å². The molecule has 5 rings (SSSR count). The predicted molar refractivity (Wildman–Crippen MR) is 125 cm³/mol. The molecule has 0 bridgehead atoms. The van der Waals surface area contributed by atoms with Crippen molar-refractivity contribution in [3.63, 3.8) is 0 Å². The lowest BCUT2D eigenvalue weighted by Crippen LogP contribution is -2.17. The van der Waals surface area contributed by atoms with Crippen LogP contribution in [0, 0.1) is 5.92 Å². The van der Waals surface area contributed by atoms with Crippen LogP contribution in [-0.2, 0) is 6.42 Å². The summed E-state index contributed by atoms with van der Waals surface area (Å²) >= 11 is 5.98. The molecule has 0 amide bonds. The molecular weight excluding hydrogens is 428 g/mol. The molecule has 1 saturated carbocycles. The second kappa shape index (κ2) is 8.83. The fraction of sp³-hybridized carbons (Fsp3) is 0.308. The first kappa shape index (κ1) is 20.8. The Hall–Kier alpha value is -3.05. The van der Waals surface area contributed by atoms with Crippen molar-refractivity contribution in [2.24, 2.45) is 5.92 Å². The highest BCUT2D eigenvalue weighted by Crippen LogP contribution is 2.28. The Balaban J connectivity index is 1.48. The summed E-state index contributed by atoms with van der Waals surface area (Å²) in [5.41, 5.74) is 1.26. The molecule has 0 radical (unpaired) electrons. The largest absolute Gasteiger partial charge is 0.492 e. The van der Waals surface area contributed by atoms with E-state index in [4.69, 9.17) is 25.2 Å². The monoisotopic (exact) mass is 450 g/mol. The summed E-state index contributed by atoms with van der Waals surface area (Å²) < 4.78 is 17.4. The van der Waals surface area contributed by atoms with E-state index >= 15 is 0 Å². The van der Waals surface area contributed by atoms with Gasteiger partial charge in [0.25, 0.3) is 0 Å². The van der Waals surface area contributed by atoms with Crippen LogP contribution < -0.4 is 15.6 Å². The fourth-order valence-corrected chi connectivity index (χ4v) is 4.62. The molecule has 2 aromatic carbocycles. The van der Waals surface area contributed by atoms with E-state index in [1.54, 1.807) is 30.3 Å². The van der Waals surface area contributed by atoms with Gasteiger partial charge in [0.2, 0.25) is 0 Å². The smallest absolute Gasteiger partial charge is 0.199 e. The highest BCUT2D eigenvalue weighted by molar-refractivity contribution is 6.31. The zero-order valence-corrected chi connectivity index (χ0v) is 18.3. The quantitative estimate of drug-likeness (QED) is 0.367. The average Bonchev–Trinajstić information content (AvgIpc) is 2.81. The number of ether oxygens (including phenoxy) is 1. The van der Waals surface area contributed by atoms with Gasteiger partial charge < -0.3 is 13.6 Å². The summed E-state index contributed by atoms with van der Waals surface area (Å²) in [7, 11) is 0. The second-order valence-corrected chi connectivity index (χ2v) is 8.88. The molecule has 2 aromatic heterocycles. The number of hydrogen-bond donors (Lipinski definition) is 0.